The third kappa shape index (κ3) is 2.38. The lowest BCUT2D eigenvalue weighted by atomic mass is 9.99. The zero-order valence-corrected chi connectivity index (χ0v) is 13.5. The first kappa shape index (κ1) is 14.9. The van der Waals surface area contributed by atoms with Gasteiger partial charge in [-0.1, -0.05) is 0 Å². The van der Waals surface area contributed by atoms with Crippen molar-refractivity contribution < 1.29 is 9.18 Å². The van der Waals surface area contributed by atoms with Crippen LogP contribution in [0.3, 0.4) is 0 Å². The largest absolute Gasteiger partial charge is 0.340 e. The molecule has 0 radical (unpaired) electrons. The van der Waals surface area contributed by atoms with Gasteiger partial charge in [-0.15, -0.1) is 0 Å². The molecular weight excluding hydrogens is 307 g/mol. The van der Waals surface area contributed by atoms with Crippen LogP contribution in [0.5, 0.6) is 0 Å². The van der Waals surface area contributed by atoms with Gasteiger partial charge in [0.15, 0.2) is 0 Å². The number of hydrogen-bond acceptors (Lipinski definition) is 2. The molecule has 1 amide bonds. The van der Waals surface area contributed by atoms with E-state index in [2.05, 4.69) is 10.2 Å². The molecule has 3 heterocycles. The van der Waals surface area contributed by atoms with Crippen molar-refractivity contribution in [2.24, 2.45) is 7.05 Å². The summed E-state index contributed by atoms with van der Waals surface area (Å²) in [5, 5.41) is 7.75. The zero-order chi connectivity index (χ0) is 16.7. The van der Waals surface area contributed by atoms with Crippen LogP contribution in [-0.2, 0) is 7.05 Å². The first-order valence-electron chi connectivity index (χ1n) is 8.20. The molecule has 0 saturated carbocycles. The molecule has 1 fully saturated rings. The summed E-state index contributed by atoms with van der Waals surface area (Å²) >= 11 is 0. The van der Waals surface area contributed by atoms with E-state index < -0.39 is 0 Å². The van der Waals surface area contributed by atoms with E-state index in [0.717, 1.165) is 42.4 Å². The van der Waals surface area contributed by atoms with Gasteiger partial charge in [0.25, 0.3) is 5.91 Å². The summed E-state index contributed by atoms with van der Waals surface area (Å²) in [5.41, 5.74) is 2.41. The van der Waals surface area contributed by atoms with Crippen LogP contribution in [0.1, 0.15) is 41.5 Å². The predicted molar refractivity (Wildman–Crippen MR) is 89.1 cm³/mol. The van der Waals surface area contributed by atoms with Gasteiger partial charge in [-0.3, -0.25) is 9.89 Å². The SMILES string of the molecule is Cn1c(C(=O)N2CCCCC2c2ccn[nH]2)cc2cc(F)ccc21. The number of hydrogen-bond donors (Lipinski definition) is 1. The molecule has 2 aromatic heterocycles. The molecule has 4 rings (SSSR count). The number of carbonyl (C=O) groups is 1. The van der Waals surface area contributed by atoms with Crippen LogP contribution in [0.15, 0.2) is 36.5 Å². The molecular formula is C18H19FN4O. The molecule has 1 aromatic carbocycles. The second kappa shape index (κ2) is 5.78. The molecule has 1 saturated heterocycles. The molecule has 6 heteroatoms. The van der Waals surface area contributed by atoms with Crippen LogP contribution >= 0.6 is 0 Å². The van der Waals surface area contributed by atoms with Gasteiger partial charge < -0.3 is 9.47 Å². The van der Waals surface area contributed by atoms with Crippen LogP contribution < -0.4 is 0 Å². The Hall–Kier alpha value is -2.63. The van der Waals surface area contributed by atoms with Crippen LogP contribution in [0.25, 0.3) is 10.9 Å². The Bertz CT molecular complexity index is 884. The van der Waals surface area contributed by atoms with Crippen molar-refractivity contribution in [2.45, 2.75) is 25.3 Å². The number of aromatic amines is 1. The summed E-state index contributed by atoms with van der Waals surface area (Å²) < 4.78 is 15.3. The molecule has 1 aliphatic heterocycles. The van der Waals surface area contributed by atoms with E-state index >= 15 is 0 Å². The average molecular weight is 326 g/mol. The highest BCUT2D eigenvalue weighted by Gasteiger charge is 2.31. The minimum atomic E-state index is -0.291. The van der Waals surface area contributed by atoms with Gasteiger partial charge in [-0.05, 0) is 49.6 Å². The van der Waals surface area contributed by atoms with Gasteiger partial charge in [0, 0.05) is 30.7 Å². The van der Waals surface area contributed by atoms with Gasteiger partial charge in [-0.2, -0.15) is 5.10 Å². The lowest BCUT2D eigenvalue weighted by Gasteiger charge is -2.35. The molecule has 0 spiro atoms. The Morgan fingerprint density at radius 1 is 1.29 bits per heavy atom. The van der Waals surface area contributed by atoms with Crippen LogP contribution in [0.2, 0.25) is 0 Å². The number of piperidine rings is 1. The minimum absolute atomic E-state index is 0.0171. The van der Waals surface area contributed by atoms with Crippen LogP contribution in [0.4, 0.5) is 4.39 Å². The summed E-state index contributed by atoms with van der Waals surface area (Å²) in [6, 6.07) is 8.32. The average Bonchev–Trinajstić information content (AvgIpc) is 3.23. The molecule has 1 N–H and O–H groups in total. The highest BCUT2D eigenvalue weighted by atomic mass is 19.1. The molecule has 0 aliphatic carbocycles. The van der Waals surface area contributed by atoms with Crippen molar-refractivity contribution >= 4 is 16.8 Å². The van der Waals surface area contributed by atoms with E-state index in [1.165, 1.54) is 12.1 Å². The third-order valence-electron chi connectivity index (χ3n) is 4.87. The first-order valence-corrected chi connectivity index (χ1v) is 8.20. The lowest BCUT2D eigenvalue weighted by Crippen LogP contribution is -2.39. The van der Waals surface area contributed by atoms with Gasteiger partial charge in [0.05, 0.1) is 11.7 Å². The number of fused-ring (bicyclic) bond motifs is 1. The topological polar surface area (TPSA) is 53.9 Å². The number of halogens is 1. The summed E-state index contributed by atoms with van der Waals surface area (Å²) in [4.78, 5) is 15.1. The highest BCUT2D eigenvalue weighted by Crippen LogP contribution is 2.32. The zero-order valence-electron chi connectivity index (χ0n) is 13.5. The van der Waals surface area contributed by atoms with Gasteiger partial charge in [0.2, 0.25) is 0 Å². The number of carbonyl (C=O) groups excluding carboxylic acids is 1. The van der Waals surface area contributed by atoms with Gasteiger partial charge in [-0.25, -0.2) is 4.39 Å². The minimum Gasteiger partial charge on any atom is -0.340 e. The molecule has 0 bridgehead atoms. The summed E-state index contributed by atoms with van der Waals surface area (Å²) in [6.07, 6.45) is 4.72. The summed E-state index contributed by atoms with van der Waals surface area (Å²) in [7, 11) is 1.85. The van der Waals surface area contributed by atoms with Crippen molar-refractivity contribution in [1.29, 1.82) is 0 Å². The van der Waals surface area contributed by atoms with Gasteiger partial charge in [0.1, 0.15) is 11.5 Å². The summed E-state index contributed by atoms with van der Waals surface area (Å²) in [5.74, 6) is -0.311. The predicted octanol–water partition coefficient (Wildman–Crippen LogP) is 3.41. The number of H-pyrrole nitrogens is 1. The summed E-state index contributed by atoms with van der Waals surface area (Å²) in [6.45, 7) is 0.721. The van der Waals surface area contributed by atoms with Gasteiger partial charge >= 0.3 is 0 Å². The molecule has 5 nitrogen and oxygen atoms in total. The van der Waals surface area contributed by atoms with E-state index in [1.807, 2.05) is 22.6 Å². The number of rotatable bonds is 2. The number of likely N-dealkylation sites (tertiary alicyclic amines) is 1. The van der Waals surface area contributed by atoms with Crippen molar-refractivity contribution in [3.63, 3.8) is 0 Å². The Morgan fingerprint density at radius 2 is 2.17 bits per heavy atom. The van der Waals surface area contributed by atoms with Crippen LogP contribution in [-0.4, -0.2) is 32.1 Å². The number of amides is 1. The first-order chi connectivity index (χ1) is 11.6. The quantitative estimate of drug-likeness (QED) is 0.784. The maximum absolute atomic E-state index is 13.5. The second-order valence-electron chi connectivity index (χ2n) is 6.31. The monoisotopic (exact) mass is 326 g/mol. The highest BCUT2D eigenvalue weighted by molar-refractivity contribution is 5.99. The maximum Gasteiger partial charge on any atom is 0.271 e. The molecule has 1 unspecified atom stereocenters. The van der Waals surface area contributed by atoms with E-state index in [1.54, 1.807) is 18.3 Å². The van der Waals surface area contributed by atoms with E-state index in [-0.39, 0.29) is 17.8 Å². The molecule has 1 atom stereocenters. The fraction of sp³-hybridized carbons (Fsp3) is 0.333. The molecule has 3 aromatic rings. The van der Waals surface area contributed by atoms with Crippen molar-refractivity contribution in [3.05, 3.63) is 53.7 Å². The fourth-order valence-corrected chi connectivity index (χ4v) is 3.62. The van der Waals surface area contributed by atoms with Crippen molar-refractivity contribution in [3.8, 4) is 0 Å². The van der Waals surface area contributed by atoms with Crippen molar-refractivity contribution in [2.75, 3.05) is 6.54 Å². The third-order valence-corrected chi connectivity index (χ3v) is 4.87. The number of aromatic nitrogens is 3. The Kier molecular flexibility index (Phi) is 3.59. The smallest absolute Gasteiger partial charge is 0.271 e. The maximum atomic E-state index is 13.5. The molecule has 124 valence electrons. The second-order valence-corrected chi connectivity index (χ2v) is 6.31. The number of aryl methyl sites for hydroxylation is 1. The Labute approximate surface area is 139 Å². The molecule has 1 aliphatic rings. The fourth-order valence-electron chi connectivity index (χ4n) is 3.62. The number of nitrogens with zero attached hydrogens (tertiary/aromatic N) is 3. The number of benzene rings is 1. The standard InChI is InChI=1S/C18H19FN4O/c1-22-15-6-5-13(19)10-12(15)11-17(22)18(24)23-9-3-2-4-16(23)14-7-8-20-21-14/h5-8,10-11,16H,2-4,9H2,1H3,(H,20,21). The van der Waals surface area contributed by atoms with E-state index in [4.69, 9.17) is 0 Å². The van der Waals surface area contributed by atoms with Crippen LogP contribution in [0, 0.1) is 5.82 Å². The normalized spacial score (nSPS) is 18.2. The Balaban J connectivity index is 1.73. The van der Waals surface area contributed by atoms with E-state index in [9.17, 15) is 9.18 Å². The Morgan fingerprint density at radius 3 is 2.96 bits per heavy atom. The molecule has 24 heavy (non-hydrogen) atoms. The van der Waals surface area contributed by atoms with Crippen molar-refractivity contribution in [1.82, 2.24) is 19.7 Å². The van der Waals surface area contributed by atoms with E-state index in [0.29, 0.717) is 5.69 Å². The number of nitrogens with one attached hydrogen (secondary N) is 1. The lowest BCUT2D eigenvalue weighted by molar-refractivity contribution is 0.0596.